The molecule has 2 aliphatic rings. The molecule has 0 spiro atoms. The van der Waals surface area contributed by atoms with Gasteiger partial charge >= 0.3 is 0 Å². The Morgan fingerprint density at radius 2 is 1.96 bits per heavy atom. The van der Waals surface area contributed by atoms with Crippen molar-refractivity contribution in [3.05, 3.63) is 54.0 Å². The third-order valence-electron chi connectivity index (χ3n) is 5.19. The lowest BCUT2D eigenvalue weighted by molar-refractivity contribution is -0.133. The van der Waals surface area contributed by atoms with E-state index in [1.165, 1.54) is 12.1 Å². The monoisotopic (exact) mass is 369 g/mol. The van der Waals surface area contributed by atoms with Crippen molar-refractivity contribution in [2.45, 2.75) is 18.9 Å². The fourth-order valence-corrected chi connectivity index (χ4v) is 3.72. The summed E-state index contributed by atoms with van der Waals surface area (Å²) in [4.78, 5) is 21.2. The van der Waals surface area contributed by atoms with Gasteiger partial charge in [-0.1, -0.05) is 18.2 Å². The highest BCUT2D eigenvalue weighted by atomic mass is 19.1. The van der Waals surface area contributed by atoms with E-state index in [4.69, 9.17) is 4.74 Å². The maximum atomic E-state index is 13.5. The topological polar surface area (TPSA) is 45.7 Å². The summed E-state index contributed by atoms with van der Waals surface area (Å²) in [5.41, 5.74) is 2.28. The van der Waals surface area contributed by atoms with Gasteiger partial charge < -0.3 is 9.64 Å². The normalized spacial score (nSPS) is 20.8. The molecule has 6 heteroatoms. The molecule has 2 fully saturated rings. The van der Waals surface area contributed by atoms with Crippen molar-refractivity contribution in [2.24, 2.45) is 0 Å². The summed E-state index contributed by atoms with van der Waals surface area (Å²) in [6.45, 7) is 4.15. The first-order valence-corrected chi connectivity index (χ1v) is 9.54. The van der Waals surface area contributed by atoms with Crippen LogP contribution in [0.5, 0.6) is 0 Å². The molecule has 4 rings (SSSR count). The van der Waals surface area contributed by atoms with Crippen LogP contribution in [0, 0.1) is 5.82 Å². The number of ether oxygens (including phenoxy) is 1. The Kier molecular flexibility index (Phi) is 5.45. The second kappa shape index (κ2) is 8.15. The van der Waals surface area contributed by atoms with Crippen LogP contribution in [-0.4, -0.2) is 60.0 Å². The lowest BCUT2D eigenvalue weighted by atomic mass is 10.1. The molecule has 0 unspecified atom stereocenters. The molecule has 5 nitrogen and oxygen atoms in total. The van der Waals surface area contributed by atoms with Crippen LogP contribution in [0.1, 0.15) is 24.6 Å². The summed E-state index contributed by atoms with van der Waals surface area (Å²) in [5, 5.41) is 0. The Balaban J connectivity index is 1.45. The van der Waals surface area contributed by atoms with Gasteiger partial charge in [0.1, 0.15) is 11.9 Å². The van der Waals surface area contributed by atoms with Crippen molar-refractivity contribution in [2.75, 3.05) is 39.3 Å². The fraction of sp³-hybridized carbons (Fsp3) is 0.429. The van der Waals surface area contributed by atoms with Crippen LogP contribution in [0.4, 0.5) is 4.39 Å². The molecule has 2 aromatic rings. The first kappa shape index (κ1) is 18.1. The van der Waals surface area contributed by atoms with Gasteiger partial charge in [-0.15, -0.1) is 0 Å². The Morgan fingerprint density at radius 3 is 2.78 bits per heavy atom. The molecule has 0 radical (unpaired) electrons. The number of halogens is 1. The van der Waals surface area contributed by atoms with Crippen molar-refractivity contribution in [1.82, 2.24) is 14.8 Å². The van der Waals surface area contributed by atoms with Gasteiger partial charge in [-0.3, -0.25) is 14.7 Å². The number of hydrogen-bond acceptors (Lipinski definition) is 4. The smallest absolute Gasteiger partial charge is 0.236 e. The number of pyridine rings is 1. The van der Waals surface area contributed by atoms with E-state index in [0.29, 0.717) is 19.7 Å². The first-order chi connectivity index (χ1) is 13.2. The molecule has 1 amide bonds. The van der Waals surface area contributed by atoms with Crippen molar-refractivity contribution in [3.63, 3.8) is 0 Å². The summed E-state index contributed by atoms with van der Waals surface area (Å²) in [6, 6.07) is 12.1. The molecule has 3 heterocycles. The second-order valence-corrected chi connectivity index (χ2v) is 7.14. The van der Waals surface area contributed by atoms with Gasteiger partial charge in [0.2, 0.25) is 5.91 Å². The quantitative estimate of drug-likeness (QED) is 0.831. The minimum Gasteiger partial charge on any atom is -0.369 e. The predicted molar refractivity (Wildman–Crippen MR) is 101 cm³/mol. The lowest BCUT2D eigenvalue weighted by Gasteiger charge is -2.33. The minimum atomic E-state index is -0.278. The number of carbonyl (C=O) groups excluding carboxylic acids is 1. The second-order valence-electron chi connectivity index (χ2n) is 7.14. The number of morpholine rings is 1. The maximum absolute atomic E-state index is 13.5. The van der Waals surface area contributed by atoms with Crippen molar-refractivity contribution in [3.8, 4) is 11.3 Å². The molecular weight excluding hydrogens is 345 g/mol. The molecule has 2 saturated heterocycles. The molecule has 0 saturated carbocycles. The van der Waals surface area contributed by atoms with E-state index < -0.39 is 0 Å². The van der Waals surface area contributed by atoms with Gasteiger partial charge in [-0.25, -0.2) is 4.39 Å². The largest absolute Gasteiger partial charge is 0.369 e. The molecule has 0 aliphatic carbocycles. The van der Waals surface area contributed by atoms with Gasteiger partial charge in [0.25, 0.3) is 0 Å². The number of hydrogen-bond donors (Lipinski definition) is 0. The van der Waals surface area contributed by atoms with E-state index >= 15 is 0 Å². The fourth-order valence-electron chi connectivity index (χ4n) is 3.72. The van der Waals surface area contributed by atoms with E-state index in [0.717, 1.165) is 49.4 Å². The zero-order valence-corrected chi connectivity index (χ0v) is 15.3. The molecule has 0 N–H and O–H groups in total. The molecule has 142 valence electrons. The van der Waals surface area contributed by atoms with Crippen molar-refractivity contribution in [1.29, 1.82) is 0 Å². The highest BCUT2D eigenvalue weighted by Gasteiger charge is 2.27. The SMILES string of the molecule is O=C(CN1CCO[C@H](c2cccc(-c3cccc(F)c3)n2)C1)N1CCCC1. The lowest BCUT2D eigenvalue weighted by Crippen LogP contribution is -2.45. The number of carbonyl (C=O) groups is 1. The van der Waals surface area contributed by atoms with Gasteiger partial charge in [0.15, 0.2) is 0 Å². The number of benzene rings is 1. The number of likely N-dealkylation sites (tertiary alicyclic amines) is 1. The molecule has 1 aromatic heterocycles. The van der Waals surface area contributed by atoms with Gasteiger partial charge in [-0.05, 0) is 37.1 Å². The molecule has 0 bridgehead atoms. The minimum absolute atomic E-state index is 0.182. The number of aromatic nitrogens is 1. The molecule has 2 aliphatic heterocycles. The van der Waals surface area contributed by atoms with Crippen LogP contribution in [0.2, 0.25) is 0 Å². The Morgan fingerprint density at radius 1 is 1.15 bits per heavy atom. The van der Waals surface area contributed by atoms with Crippen molar-refractivity contribution < 1.29 is 13.9 Å². The number of nitrogens with zero attached hydrogens (tertiary/aromatic N) is 3. The predicted octanol–water partition coefficient (Wildman–Crippen LogP) is 2.88. The van der Waals surface area contributed by atoms with Crippen LogP contribution in [-0.2, 0) is 9.53 Å². The van der Waals surface area contributed by atoms with Gasteiger partial charge in [0, 0.05) is 31.7 Å². The number of rotatable bonds is 4. The van der Waals surface area contributed by atoms with E-state index in [9.17, 15) is 9.18 Å². The van der Waals surface area contributed by atoms with Crippen molar-refractivity contribution >= 4 is 5.91 Å². The highest BCUT2D eigenvalue weighted by molar-refractivity contribution is 5.78. The average molecular weight is 369 g/mol. The van der Waals surface area contributed by atoms with Gasteiger partial charge in [0.05, 0.1) is 24.5 Å². The van der Waals surface area contributed by atoms with Crippen LogP contribution in [0.25, 0.3) is 11.3 Å². The zero-order chi connectivity index (χ0) is 18.6. The summed E-state index contributed by atoms with van der Waals surface area (Å²) < 4.78 is 19.4. The Hall–Kier alpha value is -2.31. The summed E-state index contributed by atoms with van der Waals surface area (Å²) >= 11 is 0. The molecular formula is C21H24FN3O2. The third-order valence-corrected chi connectivity index (χ3v) is 5.19. The maximum Gasteiger partial charge on any atom is 0.236 e. The van der Waals surface area contributed by atoms with Gasteiger partial charge in [-0.2, -0.15) is 0 Å². The van der Waals surface area contributed by atoms with E-state index in [1.807, 2.05) is 29.2 Å². The van der Waals surface area contributed by atoms with E-state index in [-0.39, 0.29) is 17.8 Å². The summed E-state index contributed by atoms with van der Waals surface area (Å²) in [6.07, 6.45) is 2.03. The Labute approximate surface area is 158 Å². The molecule has 1 atom stereocenters. The number of amides is 1. The summed E-state index contributed by atoms with van der Waals surface area (Å²) in [5.74, 6) is -0.0742. The van der Waals surface area contributed by atoms with Crippen LogP contribution < -0.4 is 0 Å². The van der Waals surface area contributed by atoms with Crippen LogP contribution in [0.3, 0.4) is 0 Å². The third kappa shape index (κ3) is 4.34. The molecule has 1 aromatic carbocycles. The summed E-state index contributed by atoms with van der Waals surface area (Å²) in [7, 11) is 0. The van der Waals surface area contributed by atoms with E-state index in [2.05, 4.69) is 9.88 Å². The standard InChI is InChI=1S/C21H24FN3O2/c22-17-6-3-5-16(13-17)18-7-4-8-19(23-18)20-14-24(11-12-27-20)15-21(26)25-9-1-2-10-25/h3-8,13,20H,1-2,9-12,14-15H2/t20-/m0/s1. The van der Waals surface area contributed by atoms with Crippen LogP contribution >= 0.6 is 0 Å². The zero-order valence-electron chi connectivity index (χ0n) is 15.3. The van der Waals surface area contributed by atoms with Crippen LogP contribution in [0.15, 0.2) is 42.5 Å². The van der Waals surface area contributed by atoms with E-state index in [1.54, 1.807) is 6.07 Å². The Bertz CT molecular complexity index is 808. The molecule has 27 heavy (non-hydrogen) atoms. The highest BCUT2D eigenvalue weighted by Crippen LogP contribution is 2.24. The average Bonchev–Trinajstić information content (AvgIpc) is 3.23. The first-order valence-electron chi connectivity index (χ1n) is 9.54.